The largest absolute Gasteiger partial charge is 0.417 e. The van der Waals surface area contributed by atoms with Crippen LogP contribution in [-0.4, -0.2) is 22.5 Å². The van der Waals surface area contributed by atoms with Crippen LogP contribution in [0.1, 0.15) is 55.7 Å². The van der Waals surface area contributed by atoms with Gasteiger partial charge in [-0.2, -0.15) is 18.4 Å². The lowest BCUT2D eigenvalue weighted by Crippen LogP contribution is -2.51. The summed E-state index contributed by atoms with van der Waals surface area (Å²) in [6.07, 6.45) is -0.920. The lowest BCUT2D eigenvalue weighted by Gasteiger charge is -2.37. The number of carbonyl (C=O) groups is 2. The second-order valence-corrected chi connectivity index (χ2v) is 10.2. The third-order valence-corrected chi connectivity index (χ3v) is 7.29. The van der Waals surface area contributed by atoms with Crippen LogP contribution < -0.4 is 10.6 Å². The van der Waals surface area contributed by atoms with Gasteiger partial charge >= 0.3 is 6.18 Å². The summed E-state index contributed by atoms with van der Waals surface area (Å²) in [6.45, 7) is 1.42. The van der Waals surface area contributed by atoms with Gasteiger partial charge in [-0.1, -0.05) is 55.7 Å². The van der Waals surface area contributed by atoms with E-state index in [9.17, 15) is 27.9 Å². The van der Waals surface area contributed by atoms with E-state index in [0.717, 1.165) is 42.5 Å². The molecule has 1 unspecified atom stereocenters. The number of benzene rings is 3. The average Bonchev–Trinajstić information content (AvgIpc) is 2.93. The number of carbonyl (C=O) groups excluding carboxylic acids is 2. The summed E-state index contributed by atoms with van der Waals surface area (Å²) >= 11 is 0. The zero-order chi connectivity index (χ0) is 28.9. The van der Waals surface area contributed by atoms with Crippen LogP contribution in [0, 0.1) is 17.2 Å². The molecule has 3 aromatic rings. The predicted molar refractivity (Wildman–Crippen MR) is 146 cm³/mol. The van der Waals surface area contributed by atoms with Crippen molar-refractivity contribution in [3.63, 3.8) is 0 Å². The van der Waals surface area contributed by atoms with Crippen LogP contribution in [0.15, 0.2) is 66.7 Å². The first kappa shape index (κ1) is 28.8. The molecular weight excluding hydrogens is 519 g/mol. The average molecular weight is 550 g/mol. The number of aliphatic hydroxyl groups is 1. The molecule has 40 heavy (non-hydrogen) atoms. The summed E-state index contributed by atoms with van der Waals surface area (Å²) in [6, 6.07) is 19.1. The maximum absolute atomic E-state index is 13.6. The fourth-order valence-corrected chi connectivity index (χ4v) is 5.34. The maximum atomic E-state index is 13.6. The molecule has 1 aliphatic carbocycles. The standard InChI is InChI=1S/C31H30F3N3O3/c1-20(38)36-26-12-6-9-23(16-26)22-8-5-7-21(15-22)18-30(40,25-10-3-2-4-11-25)29(39)37-27-14-13-24(19-35)28(17-27)31(32,33)34/h5-9,12-17,25,40H,2-4,10-11,18H2,1H3,(H,36,38)(H,37,39). The lowest BCUT2D eigenvalue weighted by molar-refractivity contribution is -0.142. The third-order valence-electron chi connectivity index (χ3n) is 7.29. The molecule has 2 amide bonds. The quantitative estimate of drug-likeness (QED) is 0.305. The van der Waals surface area contributed by atoms with E-state index in [1.54, 1.807) is 12.1 Å². The highest BCUT2D eigenvalue weighted by atomic mass is 19.4. The van der Waals surface area contributed by atoms with E-state index < -0.39 is 28.8 Å². The number of amides is 2. The molecular formula is C31H30F3N3O3. The molecule has 0 heterocycles. The minimum Gasteiger partial charge on any atom is -0.379 e. The van der Waals surface area contributed by atoms with Gasteiger partial charge in [-0.25, -0.2) is 0 Å². The molecule has 3 N–H and O–H groups in total. The summed E-state index contributed by atoms with van der Waals surface area (Å²) in [7, 11) is 0. The van der Waals surface area contributed by atoms with Crippen molar-refractivity contribution in [1.82, 2.24) is 0 Å². The zero-order valence-electron chi connectivity index (χ0n) is 22.0. The zero-order valence-corrected chi connectivity index (χ0v) is 22.0. The van der Waals surface area contributed by atoms with Crippen LogP contribution in [0.2, 0.25) is 0 Å². The van der Waals surface area contributed by atoms with Gasteiger partial charge in [-0.05, 0) is 65.8 Å². The van der Waals surface area contributed by atoms with Crippen molar-refractivity contribution in [2.24, 2.45) is 5.92 Å². The Balaban J connectivity index is 1.65. The highest BCUT2D eigenvalue weighted by Gasteiger charge is 2.44. The van der Waals surface area contributed by atoms with Gasteiger partial charge in [0, 0.05) is 24.7 Å². The number of nitrogens with one attached hydrogen (secondary N) is 2. The van der Waals surface area contributed by atoms with E-state index in [1.165, 1.54) is 19.1 Å². The Hall–Kier alpha value is -4.16. The molecule has 6 nitrogen and oxygen atoms in total. The molecule has 9 heteroatoms. The Morgan fingerprint density at radius 2 is 1.57 bits per heavy atom. The van der Waals surface area contributed by atoms with Gasteiger partial charge in [-0.15, -0.1) is 0 Å². The highest BCUT2D eigenvalue weighted by Crippen LogP contribution is 2.38. The fraction of sp³-hybridized carbons (Fsp3) is 0.323. The van der Waals surface area contributed by atoms with E-state index in [4.69, 9.17) is 5.26 Å². The normalized spacial score (nSPS) is 15.5. The summed E-state index contributed by atoms with van der Waals surface area (Å²) in [5.41, 5.74) is -0.752. The van der Waals surface area contributed by atoms with E-state index in [2.05, 4.69) is 10.6 Å². The van der Waals surface area contributed by atoms with Gasteiger partial charge in [0.25, 0.3) is 5.91 Å². The number of hydrogen-bond donors (Lipinski definition) is 3. The van der Waals surface area contributed by atoms with E-state index in [0.29, 0.717) is 24.1 Å². The SMILES string of the molecule is CC(=O)Nc1cccc(-c2cccc(CC(O)(C(=O)Nc3ccc(C#N)c(C(F)(F)F)c3)C3CCCCC3)c2)c1. The van der Waals surface area contributed by atoms with Gasteiger partial charge in [0.1, 0.15) is 5.60 Å². The van der Waals surface area contributed by atoms with Crippen molar-refractivity contribution >= 4 is 23.2 Å². The van der Waals surface area contributed by atoms with E-state index >= 15 is 0 Å². The summed E-state index contributed by atoms with van der Waals surface area (Å²) in [4.78, 5) is 25.1. The molecule has 1 saturated carbocycles. The van der Waals surface area contributed by atoms with Crippen LogP contribution in [0.4, 0.5) is 24.5 Å². The van der Waals surface area contributed by atoms with Gasteiger partial charge in [0.2, 0.25) is 5.91 Å². The van der Waals surface area contributed by atoms with Gasteiger partial charge in [-0.3, -0.25) is 9.59 Å². The van der Waals surface area contributed by atoms with Gasteiger partial charge < -0.3 is 15.7 Å². The number of rotatable bonds is 7. The summed E-state index contributed by atoms with van der Waals surface area (Å²) in [5, 5.41) is 26.2. The van der Waals surface area contributed by atoms with Gasteiger partial charge in [0.05, 0.1) is 17.2 Å². The van der Waals surface area contributed by atoms with Crippen LogP contribution in [0.25, 0.3) is 11.1 Å². The molecule has 0 bridgehead atoms. The van der Waals surface area contributed by atoms with Crippen LogP contribution in [0.3, 0.4) is 0 Å². The smallest absolute Gasteiger partial charge is 0.379 e. The Morgan fingerprint density at radius 1 is 0.925 bits per heavy atom. The summed E-state index contributed by atoms with van der Waals surface area (Å²) < 4.78 is 40.5. The second-order valence-electron chi connectivity index (χ2n) is 10.2. The molecule has 3 aromatic carbocycles. The second kappa shape index (κ2) is 11.9. The molecule has 0 radical (unpaired) electrons. The Kier molecular flexibility index (Phi) is 8.60. The fourth-order valence-electron chi connectivity index (χ4n) is 5.34. The summed E-state index contributed by atoms with van der Waals surface area (Å²) in [5.74, 6) is -1.36. The minimum absolute atomic E-state index is 0.0366. The molecule has 4 rings (SSSR count). The monoisotopic (exact) mass is 549 g/mol. The molecule has 0 saturated heterocycles. The molecule has 1 fully saturated rings. The first-order valence-electron chi connectivity index (χ1n) is 13.1. The van der Waals surface area contributed by atoms with Crippen LogP contribution in [-0.2, 0) is 22.2 Å². The van der Waals surface area contributed by atoms with E-state index in [1.807, 2.05) is 36.4 Å². The number of alkyl halides is 3. The number of halogens is 3. The maximum Gasteiger partial charge on any atom is 0.417 e. The van der Waals surface area contributed by atoms with Crippen LogP contribution in [0.5, 0.6) is 0 Å². The van der Waals surface area contributed by atoms with Crippen molar-refractivity contribution in [1.29, 1.82) is 5.26 Å². The molecule has 1 aliphatic rings. The van der Waals surface area contributed by atoms with Crippen LogP contribution >= 0.6 is 0 Å². The molecule has 0 spiro atoms. The Morgan fingerprint density at radius 3 is 2.23 bits per heavy atom. The number of anilines is 2. The number of hydrogen-bond acceptors (Lipinski definition) is 4. The number of nitriles is 1. The van der Waals surface area contributed by atoms with Crippen molar-refractivity contribution in [2.45, 2.75) is 57.2 Å². The van der Waals surface area contributed by atoms with Gasteiger partial charge in [0.15, 0.2) is 0 Å². The molecule has 0 aliphatic heterocycles. The number of nitrogens with zero attached hydrogens (tertiary/aromatic N) is 1. The van der Waals surface area contributed by atoms with Crippen molar-refractivity contribution in [2.75, 3.05) is 10.6 Å². The lowest BCUT2D eigenvalue weighted by atomic mass is 9.73. The molecule has 0 aromatic heterocycles. The minimum atomic E-state index is -4.77. The Labute approximate surface area is 230 Å². The molecule has 208 valence electrons. The first-order chi connectivity index (χ1) is 19.0. The highest BCUT2D eigenvalue weighted by molar-refractivity contribution is 5.98. The van der Waals surface area contributed by atoms with Crippen molar-refractivity contribution < 1.29 is 27.9 Å². The first-order valence-corrected chi connectivity index (χ1v) is 13.1. The van der Waals surface area contributed by atoms with E-state index in [-0.39, 0.29) is 23.9 Å². The van der Waals surface area contributed by atoms with Crippen molar-refractivity contribution in [3.8, 4) is 17.2 Å². The molecule has 1 atom stereocenters. The predicted octanol–water partition coefficient (Wildman–Crippen LogP) is 6.70. The topological polar surface area (TPSA) is 102 Å². The Bertz CT molecular complexity index is 1440. The van der Waals surface area contributed by atoms with Crippen molar-refractivity contribution in [3.05, 3.63) is 83.4 Å². The third kappa shape index (κ3) is 6.69.